The summed E-state index contributed by atoms with van der Waals surface area (Å²) in [6, 6.07) is 17.8. The van der Waals surface area contributed by atoms with Gasteiger partial charge in [0.05, 0.1) is 14.2 Å². The molecule has 0 aliphatic carbocycles. The average Bonchev–Trinajstić information content (AvgIpc) is 2.88. The third-order valence-electron chi connectivity index (χ3n) is 5.68. The van der Waals surface area contributed by atoms with E-state index in [4.69, 9.17) is 9.47 Å². The lowest BCUT2D eigenvalue weighted by atomic mass is 10.2. The van der Waals surface area contributed by atoms with Crippen molar-refractivity contribution in [3.05, 3.63) is 78.1 Å². The lowest BCUT2D eigenvalue weighted by Gasteiger charge is -2.35. The van der Waals surface area contributed by atoms with Gasteiger partial charge in [0, 0.05) is 44.9 Å². The predicted molar refractivity (Wildman–Crippen MR) is 133 cm³/mol. The number of nitrogens with one attached hydrogen (secondary N) is 1. The predicted octanol–water partition coefficient (Wildman–Crippen LogP) is 3.47. The van der Waals surface area contributed by atoms with Crippen molar-refractivity contribution < 1.29 is 14.3 Å². The molecule has 176 valence electrons. The Bertz CT molecular complexity index is 1130. The van der Waals surface area contributed by atoms with Crippen LogP contribution in [-0.4, -0.2) is 61.2 Å². The first-order valence-corrected chi connectivity index (χ1v) is 11.2. The van der Waals surface area contributed by atoms with Gasteiger partial charge in [0.25, 0.3) is 0 Å². The van der Waals surface area contributed by atoms with E-state index in [-0.39, 0.29) is 5.91 Å². The highest BCUT2D eigenvalue weighted by Gasteiger charge is 2.18. The Morgan fingerprint density at radius 1 is 0.971 bits per heavy atom. The first-order chi connectivity index (χ1) is 16.6. The minimum Gasteiger partial charge on any atom is -0.493 e. The fourth-order valence-corrected chi connectivity index (χ4v) is 3.86. The SMILES string of the molecule is COc1ccc(/C=C/C(=O)Nc2cc(N3CCN(Cc4ccccc4)CC3)ncn2)cc1OC. The van der Waals surface area contributed by atoms with E-state index >= 15 is 0 Å². The second-order valence-corrected chi connectivity index (χ2v) is 7.95. The number of carbonyl (C=O) groups is 1. The number of nitrogens with zero attached hydrogens (tertiary/aromatic N) is 4. The summed E-state index contributed by atoms with van der Waals surface area (Å²) < 4.78 is 10.5. The summed E-state index contributed by atoms with van der Waals surface area (Å²) in [5.74, 6) is 2.26. The van der Waals surface area contributed by atoms with Crippen molar-refractivity contribution in [3.63, 3.8) is 0 Å². The second-order valence-electron chi connectivity index (χ2n) is 7.95. The largest absolute Gasteiger partial charge is 0.493 e. The van der Waals surface area contributed by atoms with Gasteiger partial charge in [0.2, 0.25) is 5.91 Å². The van der Waals surface area contributed by atoms with Crippen LogP contribution in [0.25, 0.3) is 6.08 Å². The quantitative estimate of drug-likeness (QED) is 0.517. The highest BCUT2D eigenvalue weighted by atomic mass is 16.5. The Morgan fingerprint density at radius 3 is 2.47 bits per heavy atom. The third-order valence-corrected chi connectivity index (χ3v) is 5.68. The maximum atomic E-state index is 12.4. The number of rotatable bonds is 8. The first kappa shape index (κ1) is 23.3. The fraction of sp³-hybridized carbons (Fsp3) is 0.269. The summed E-state index contributed by atoms with van der Waals surface area (Å²) in [5, 5.41) is 2.81. The van der Waals surface area contributed by atoms with Crippen LogP contribution in [0.2, 0.25) is 0 Å². The average molecular weight is 460 g/mol. The molecule has 8 nitrogen and oxygen atoms in total. The normalized spacial score (nSPS) is 14.2. The molecule has 1 amide bonds. The molecule has 1 aliphatic rings. The van der Waals surface area contributed by atoms with Gasteiger partial charge >= 0.3 is 0 Å². The lowest BCUT2D eigenvalue weighted by molar-refractivity contribution is -0.111. The van der Waals surface area contributed by atoms with Crippen LogP contribution in [0.15, 0.2) is 67.0 Å². The summed E-state index contributed by atoms with van der Waals surface area (Å²) in [4.78, 5) is 25.7. The Hall–Kier alpha value is -3.91. The zero-order chi connectivity index (χ0) is 23.8. The van der Waals surface area contributed by atoms with E-state index in [2.05, 4.69) is 49.4 Å². The molecule has 0 radical (unpaired) electrons. The summed E-state index contributed by atoms with van der Waals surface area (Å²) in [7, 11) is 3.16. The van der Waals surface area contributed by atoms with Crippen LogP contribution < -0.4 is 19.7 Å². The van der Waals surface area contributed by atoms with E-state index in [1.807, 2.05) is 24.3 Å². The summed E-state index contributed by atoms with van der Waals surface area (Å²) >= 11 is 0. The smallest absolute Gasteiger partial charge is 0.249 e. The van der Waals surface area contributed by atoms with Crippen LogP contribution in [0.5, 0.6) is 11.5 Å². The number of piperazine rings is 1. The molecule has 4 rings (SSSR count). The van der Waals surface area contributed by atoms with Crippen LogP contribution in [0.1, 0.15) is 11.1 Å². The molecule has 0 saturated carbocycles. The van der Waals surface area contributed by atoms with Crippen LogP contribution >= 0.6 is 0 Å². The number of aromatic nitrogens is 2. The van der Waals surface area contributed by atoms with E-state index in [1.165, 1.54) is 18.0 Å². The number of anilines is 2. The summed E-state index contributed by atoms with van der Waals surface area (Å²) in [6.45, 7) is 4.60. The maximum absolute atomic E-state index is 12.4. The van der Waals surface area contributed by atoms with Crippen molar-refractivity contribution in [2.75, 3.05) is 50.6 Å². The Balaban J connectivity index is 1.32. The highest BCUT2D eigenvalue weighted by Crippen LogP contribution is 2.28. The molecule has 2 aromatic carbocycles. The van der Waals surface area contributed by atoms with Crippen LogP contribution in [0, 0.1) is 0 Å². The molecule has 0 bridgehead atoms. The van der Waals surface area contributed by atoms with Gasteiger partial charge in [-0.1, -0.05) is 36.4 Å². The molecule has 0 unspecified atom stereocenters. The molecule has 8 heteroatoms. The van der Waals surface area contributed by atoms with Gasteiger partial charge in [-0.05, 0) is 29.3 Å². The highest BCUT2D eigenvalue weighted by molar-refractivity contribution is 6.01. The second kappa shape index (κ2) is 11.3. The Labute approximate surface area is 199 Å². The standard InChI is InChI=1S/C26H29N5O3/c1-33-22-10-8-20(16-23(22)34-2)9-11-26(32)29-24-17-25(28-19-27-24)31-14-12-30(13-15-31)18-21-6-4-3-5-7-21/h3-11,16-17,19H,12-15,18H2,1-2H3,(H,27,28,29,32)/b11-9+. The van der Waals surface area contributed by atoms with Gasteiger partial charge in [-0.15, -0.1) is 0 Å². The van der Waals surface area contributed by atoms with E-state index in [1.54, 1.807) is 26.4 Å². The number of hydrogen-bond donors (Lipinski definition) is 1. The first-order valence-electron chi connectivity index (χ1n) is 11.2. The molecule has 3 aromatic rings. The van der Waals surface area contributed by atoms with E-state index < -0.39 is 0 Å². The number of ether oxygens (including phenoxy) is 2. The summed E-state index contributed by atoms with van der Waals surface area (Å²) in [6.07, 6.45) is 4.66. The minimum absolute atomic E-state index is 0.271. The van der Waals surface area contributed by atoms with E-state index in [0.717, 1.165) is 44.1 Å². The Kier molecular flexibility index (Phi) is 7.72. The molecular weight excluding hydrogens is 430 g/mol. The van der Waals surface area contributed by atoms with Crippen molar-refractivity contribution in [2.45, 2.75) is 6.54 Å². The number of hydrogen-bond acceptors (Lipinski definition) is 7. The summed E-state index contributed by atoms with van der Waals surface area (Å²) in [5.41, 5.74) is 2.15. The van der Waals surface area contributed by atoms with Crippen molar-refractivity contribution in [1.82, 2.24) is 14.9 Å². The van der Waals surface area contributed by atoms with Gasteiger partial charge in [-0.3, -0.25) is 9.69 Å². The van der Waals surface area contributed by atoms with Crippen molar-refractivity contribution in [1.29, 1.82) is 0 Å². The zero-order valence-electron chi connectivity index (χ0n) is 19.5. The van der Waals surface area contributed by atoms with Gasteiger partial charge in [-0.25, -0.2) is 9.97 Å². The Morgan fingerprint density at radius 2 is 1.74 bits per heavy atom. The molecule has 0 spiro atoms. The number of benzene rings is 2. The van der Waals surface area contributed by atoms with Crippen molar-refractivity contribution in [2.24, 2.45) is 0 Å². The molecule has 1 fully saturated rings. The van der Waals surface area contributed by atoms with Crippen LogP contribution in [0.3, 0.4) is 0 Å². The van der Waals surface area contributed by atoms with Gasteiger partial charge in [-0.2, -0.15) is 0 Å². The van der Waals surface area contributed by atoms with Gasteiger partial charge in [0.1, 0.15) is 18.0 Å². The third kappa shape index (κ3) is 6.11. The van der Waals surface area contributed by atoms with Gasteiger partial charge < -0.3 is 19.7 Å². The van der Waals surface area contributed by atoms with Gasteiger partial charge in [0.15, 0.2) is 11.5 Å². The molecular formula is C26H29N5O3. The van der Waals surface area contributed by atoms with Crippen molar-refractivity contribution >= 4 is 23.6 Å². The molecule has 1 aliphatic heterocycles. The van der Waals surface area contributed by atoms with E-state index in [9.17, 15) is 4.79 Å². The zero-order valence-corrected chi connectivity index (χ0v) is 19.5. The topological polar surface area (TPSA) is 79.8 Å². The van der Waals surface area contributed by atoms with Crippen LogP contribution in [-0.2, 0) is 11.3 Å². The molecule has 34 heavy (non-hydrogen) atoms. The molecule has 2 heterocycles. The van der Waals surface area contributed by atoms with Crippen molar-refractivity contribution in [3.8, 4) is 11.5 Å². The maximum Gasteiger partial charge on any atom is 0.249 e. The molecule has 1 N–H and O–H groups in total. The number of carbonyl (C=O) groups excluding carboxylic acids is 1. The lowest BCUT2D eigenvalue weighted by Crippen LogP contribution is -2.46. The monoisotopic (exact) mass is 459 g/mol. The molecule has 1 aromatic heterocycles. The number of methoxy groups -OCH3 is 2. The number of amides is 1. The molecule has 1 saturated heterocycles. The fourth-order valence-electron chi connectivity index (χ4n) is 3.86. The van der Waals surface area contributed by atoms with Crippen LogP contribution in [0.4, 0.5) is 11.6 Å². The minimum atomic E-state index is -0.271. The molecule has 0 atom stereocenters. The van der Waals surface area contributed by atoms with E-state index in [0.29, 0.717) is 17.3 Å².